The fourth-order valence-electron chi connectivity index (χ4n) is 3.86. The fourth-order valence-corrected chi connectivity index (χ4v) is 6.38. The van der Waals surface area contributed by atoms with E-state index in [4.69, 9.17) is 21.1 Å². The SMILES string of the molecule is COc1ccc(S(=O)(=O)CCC(=O)N(CCCN2CCOCC2)c2nc3ccc(Cl)cc3s2)cc1. The summed E-state index contributed by atoms with van der Waals surface area (Å²) in [5, 5.41) is 1.15. The van der Waals surface area contributed by atoms with Gasteiger partial charge in [-0.05, 0) is 48.9 Å². The molecular formula is C24H28ClN3O5S2. The average Bonchev–Trinajstić information content (AvgIpc) is 3.28. The van der Waals surface area contributed by atoms with Crippen molar-refractivity contribution in [3.05, 3.63) is 47.5 Å². The lowest BCUT2D eigenvalue weighted by Crippen LogP contribution is -2.39. The van der Waals surface area contributed by atoms with Crippen LogP contribution in [0, 0.1) is 0 Å². The molecule has 0 unspecified atom stereocenters. The minimum Gasteiger partial charge on any atom is -0.497 e. The summed E-state index contributed by atoms with van der Waals surface area (Å²) < 4.78 is 37.0. The highest BCUT2D eigenvalue weighted by atomic mass is 35.5. The van der Waals surface area contributed by atoms with Gasteiger partial charge in [-0.1, -0.05) is 22.9 Å². The number of anilines is 1. The zero-order valence-electron chi connectivity index (χ0n) is 19.5. The number of sulfone groups is 1. The highest BCUT2D eigenvalue weighted by Gasteiger charge is 2.24. The third-order valence-corrected chi connectivity index (χ3v) is 8.84. The number of halogens is 1. The Morgan fingerprint density at radius 2 is 1.94 bits per heavy atom. The maximum absolute atomic E-state index is 13.3. The molecule has 1 aliphatic rings. The molecule has 0 N–H and O–H groups in total. The Hall–Kier alpha value is -2.24. The molecule has 3 aromatic rings. The Bertz CT molecular complexity index is 1260. The minimum atomic E-state index is -3.62. The molecule has 1 aliphatic heterocycles. The topological polar surface area (TPSA) is 89.0 Å². The van der Waals surface area contributed by atoms with E-state index in [0.717, 1.165) is 36.3 Å². The Morgan fingerprint density at radius 3 is 2.66 bits per heavy atom. The van der Waals surface area contributed by atoms with Gasteiger partial charge in [0, 0.05) is 37.6 Å². The first-order chi connectivity index (χ1) is 16.9. The normalized spacial score (nSPS) is 14.8. The molecule has 0 atom stereocenters. The standard InChI is InChI=1S/C24H28ClN3O5S2/c1-32-19-4-6-20(7-5-19)35(30,31)16-9-23(29)28(11-2-10-27-12-14-33-15-13-27)24-26-21-8-3-18(25)17-22(21)34-24/h3-8,17H,2,9-16H2,1H3. The van der Waals surface area contributed by atoms with E-state index in [1.807, 2.05) is 12.1 Å². The molecule has 11 heteroatoms. The smallest absolute Gasteiger partial charge is 0.229 e. The largest absolute Gasteiger partial charge is 0.497 e. The van der Waals surface area contributed by atoms with Crippen molar-refractivity contribution in [1.29, 1.82) is 0 Å². The third-order valence-electron chi connectivity index (χ3n) is 5.83. The van der Waals surface area contributed by atoms with Gasteiger partial charge in [-0.3, -0.25) is 14.6 Å². The van der Waals surface area contributed by atoms with Crippen LogP contribution in [0.1, 0.15) is 12.8 Å². The van der Waals surface area contributed by atoms with Gasteiger partial charge in [-0.2, -0.15) is 0 Å². The van der Waals surface area contributed by atoms with E-state index >= 15 is 0 Å². The lowest BCUT2D eigenvalue weighted by molar-refractivity contribution is -0.118. The molecule has 1 aromatic heterocycles. The Kier molecular flexibility index (Phi) is 8.61. The number of methoxy groups -OCH3 is 1. The highest BCUT2D eigenvalue weighted by molar-refractivity contribution is 7.91. The van der Waals surface area contributed by atoms with Crippen molar-refractivity contribution in [2.24, 2.45) is 0 Å². The van der Waals surface area contributed by atoms with Crippen LogP contribution in [0.25, 0.3) is 10.2 Å². The van der Waals surface area contributed by atoms with Crippen molar-refractivity contribution in [1.82, 2.24) is 9.88 Å². The highest BCUT2D eigenvalue weighted by Crippen LogP contribution is 2.31. The second-order valence-corrected chi connectivity index (χ2v) is 11.8. The summed E-state index contributed by atoms with van der Waals surface area (Å²) in [6.45, 7) is 4.44. The van der Waals surface area contributed by atoms with E-state index in [1.165, 1.54) is 30.6 Å². The molecule has 0 bridgehead atoms. The summed E-state index contributed by atoms with van der Waals surface area (Å²) in [5.74, 6) is 0.0195. The molecule has 0 spiro atoms. The van der Waals surface area contributed by atoms with Crippen molar-refractivity contribution < 1.29 is 22.7 Å². The van der Waals surface area contributed by atoms with Gasteiger partial charge in [0.1, 0.15) is 5.75 Å². The first kappa shape index (κ1) is 25.8. The van der Waals surface area contributed by atoms with Gasteiger partial charge in [-0.15, -0.1) is 0 Å². The van der Waals surface area contributed by atoms with Gasteiger partial charge in [0.15, 0.2) is 15.0 Å². The number of rotatable bonds is 10. The Labute approximate surface area is 214 Å². The molecule has 188 valence electrons. The van der Waals surface area contributed by atoms with Crippen LogP contribution in [0.3, 0.4) is 0 Å². The number of ether oxygens (including phenoxy) is 2. The molecule has 35 heavy (non-hydrogen) atoms. The van der Waals surface area contributed by atoms with Crippen LogP contribution < -0.4 is 9.64 Å². The minimum absolute atomic E-state index is 0.136. The van der Waals surface area contributed by atoms with E-state index in [-0.39, 0.29) is 23.0 Å². The molecule has 0 radical (unpaired) electrons. The number of nitrogens with zero attached hydrogens (tertiary/aromatic N) is 3. The van der Waals surface area contributed by atoms with Crippen LogP contribution >= 0.6 is 22.9 Å². The summed E-state index contributed by atoms with van der Waals surface area (Å²) >= 11 is 7.51. The molecule has 1 saturated heterocycles. The molecule has 4 rings (SSSR count). The van der Waals surface area contributed by atoms with Crippen LogP contribution in [-0.4, -0.2) is 76.5 Å². The average molecular weight is 538 g/mol. The van der Waals surface area contributed by atoms with E-state index in [9.17, 15) is 13.2 Å². The van der Waals surface area contributed by atoms with E-state index < -0.39 is 9.84 Å². The summed E-state index contributed by atoms with van der Waals surface area (Å²) in [4.78, 5) is 22.0. The van der Waals surface area contributed by atoms with Gasteiger partial charge in [0.05, 0.1) is 41.2 Å². The zero-order valence-corrected chi connectivity index (χ0v) is 21.9. The molecule has 1 amide bonds. The maximum atomic E-state index is 13.3. The van der Waals surface area contributed by atoms with Gasteiger partial charge < -0.3 is 9.47 Å². The molecular weight excluding hydrogens is 510 g/mol. The maximum Gasteiger partial charge on any atom is 0.229 e. The van der Waals surface area contributed by atoms with Crippen LogP contribution in [0.15, 0.2) is 47.4 Å². The molecule has 0 aliphatic carbocycles. The molecule has 0 saturated carbocycles. The lowest BCUT2D eigenvalue weighted by atomic mass is 10.3. The van der Waals surface area contributed by atoms with Gasteiger partial charge in [0.2, 0.25) is 5.91 Å². The van der Waals surface area contributed by atoms with Crippen LogP contribution in [-0.2, 0) is 19.4 Å². The predicted octanol–water partition coefficient (Wildman–Crippen LogP) is 3.88. The number of amides is 1. The molecule has 2 aromatic carbocycles. The van der Waals surface area contributed by atoms with Crippen molar-refractivity contribution in [3.63, 3.8) is 0 Å². The second-order valence-electron chi connectivity index (χ2n) is 8.21. The number of aromatic nitrogens is 1. The monoisotopic (exact) mass is 537 g/mol. The van der Waals surface area contributed by atoms with Crippen LogP contribution in [0.5, 0.6) is 5.75 Å². The second kappa shape index (κ2) is 11.7. The number of benzene rings is 2. The number of thiazole rings is 1. The zero-order chi connectivity index (χ0) is 24.8. The van der Waals surface area contributed by atoms with Crippen molar-refractivity contribution in [2.75, 3.05) is 57.2 Å². The van der Waals surface area contributed by atoms with Crippen molar-refractivity contribution >= 4 is 54.0 Å². The van der Waals surface area contributed by atoms with Crippen molar-refractivity contribution in [2.45, 2.75) is 17.7 Å². The summed E-state index contributed by atoms with van der Waals surface area (Å²) in [6.07, 6.45) is 0.607. The van der Waals surface area contributed by atoms with Gasteiger partial charge >= 0.3 is 0 Å². The Morgan fingerprint density at radius 1 is 1.20 bits per heavy atom. The number of carbonyl (C=O) groups excluding carboxylic acids is 1. The predicted molar refractivity (Wildman–Crippen MR) is 139 cm³/mol. The van der Waals surface area contributed by atoms with Gasteiger partial charge in [0.25, 0.3) is 0 Å². The lowest BCUT2D eigenvalue weighted by Gasteiger charge is -2.27. The Balaban J connectivity index is 1.47. The number of hydrogen-bond donors (Lipinski definition) is 0. The fraction of sp³-hybridized carbons (Fsp3) is 0.417. The van der Waals surface area contributed by atoms with Crippen LogP contribution in [0.4, 0.5) is 5.13 Å². The van der Waals surface area contributed by atoms with Crippen molar-refractivity contribution in [3.8, 4) is 5.75 Å². The van der Waals surface area contributed by atoms with Crippen LogP contribution in [0.2, 0.25) is 5.02 Å². The first-order valence-corrected chi connectivity index (χ1v) is 14.2. The van der Waals surface area contributed by atoms with E-state index in [0.29, 0.717) is 35.7 Å². The molecule has 2 heterocycles. The first-order valence-electron chi connectivity index (χ1n) is 11.4. The molecule has 8 nitrogen and oxygen atoms in total. The quantitative estimate of drug-likeness (QED) is 0.388. The number of fused-ring (bicyclic) bond motifs is 1. The number of carbonyl (C=O) groups is 1. The molecule has 1 fully saturated rings. The summed E-state index contributed by atoms with van der Waals surface area (Å²) in [6, 6.07) is 11.6. The third kappa shape index (κ3) is 6.71. The summed E-state index contributed by atoms with van der Waals surface area (Å²) in [5.41, 5.74) is 0.756. The summed E-state index contributed by atoms with van der Waals surface area (Å²) in [7, 11) is -2.10. The van der Waals surface area contributed by atoms with E-state index in [2.05, 4.69) is 9.88 Å². The number of hydrogen-bond acceptors (Lipinski definition) is 8. The number of morpholine rings is 1. The van der Waals surface area contributed by atoms with Gasteiger partial charge in [-0.25, -0.2) is 13.4 Å². The van der Waals surface area contributed by atoms with E-state index in [1.54, 1.807) is 23.1 Å².